The van der Waals surface area contributed by atoms with E-state index < -0.39 is 41.7 Å². The lowest BCUT2D eigenvalue weighted by Crippen LogP contribution is -2.45. The number of anilines is 1. The Hall–Kier alpha value is -5.92. The summed E-state index contributed by atoms with van der Waals surface area (Å²) in [6.45, 7) is 9.98. The molecule has 1 aromatic rings. The average Bonchev–Trinajstić information content (AvgIpc) is 3.72. The van der Waals surface area contributed by atoms with Gasteiger partial charge in [-0.05, 0) is 70.1 Å². The zero-order chi connectivity index (χ0) is 57.2. The number of carbonyl (C=O) groups is 8. The van der Waals surface area contributed by atoms with Crippen molar-refractivity contribution in [3.8, 4) is 0 Å². The molecule has 1 aliphatic heterocycles. The van der Waals surface area contributed by atoms with E-state index in [-0.39, 0.29) is 169 Å². The van der Waals surface area contributed by atoms with Crippen molar-refractivity contribution in [2.75, 3.05) is 119 Å². The third kappa shape index (κ3) is 35.5. The average molecular weight is 1120 g/mol. The molecule has 2 atom stereocenters. The number of nitrogens with zero attached hydrogens (tertiary/aromatic N) is 1. The van der Waals surface area contributed by atoms with Crippen LogP contribution in [0.15, 0.2) is 36.4 Å². The summed E-state index contributed by atoms with van der Waals surface area (Å²) < 4.78 is 67.2. The molecule has 442 valence electrons. The zero-order valence-corrected chi connectivity index (χ0v) is 45.5. The lowest BCUT2D eigenvalue weighted by molar-refractivity contribution is -0.229. The summed E-state index contributed by atoms with van der Waals surface area (Å²) in [5, 5.41) is 13.3. The van der Waals surface area contributed by atoms with Gasteiger partial charge in [0.1, 0.15) is 25.8 Å². The highest BCUT2D eigenvalue weighted by Gasteiger charge is 2.30. The molecule has 0 saturated heterocycles. The van der Waals surface area contributed by atoms with Gasteiger partial charge < -0.3 is 93.9 Å². The number of hydrogen-bond acceptors (Lipinski definition) is 21. The number of carbonyl (C=O) groups excluding carboxylic acids is 8. The quantitative estimate of drug-likeness (QED) is 0.0310. The van der Waals surface area contributed by atoms with E-state index in [0.717, 1.165) is 4.90 Å². The number of unbranched alkanes of at least 4 members (excludes halogenated alkanes) is 2. The molecule has 0 saturated carbocycles. The molecule has 28 nitrogen and oxygen atoms in total. The number of nitrogens with two attached hydrogens (primary N) is 1. The van der Waals surface area contributed by atoms with Crippen LogP contribution in [0, 0.1) is 11.8 Å². The molecule has 0 unspecified atom stereocenters. The van der Waals surface area contributed by atoms with Gasteiger partial charge in [0, 0.05) is 62.8 Å². The van der Waals surface area contributed by atoms with Crippen LogP contribution in [0.3, 0.4) is 0 Å². The first-order valence-corrected chi connectivity index (χ1v) is 25.5. The first kappa shape index (κ1) is 68.2. The minimum Gasteiger partial charge on any atom is -0.445 e. The number of nitrogens with one attached hydrogen (secondary N) is 5. The lowest BCUT2D eigenvalue weighted by Gasteiger charge is -2.24. The number of ketones is 1. The Morgan fingerprint density at radius 3 is 1.65 bits per heavy atom. The van der Waals surface area contributed by atoms with Crippen LogP contribution in [0.1, 0.15) is 85.1 Å². The van der Waals surface area contributed by atoms with Gasteiger partial charge in [-0.1, -0.05) is 32.4 Å². The van der Waals surface area contributed by atoms with E-state index in [4.69, 9.17) is 67.3 Å². The van der Waals surface area contributed by atoms with E-state index in [1.807, 2.05) is 0 Å². The number of primary amides is 1. The number of benzene rings is 1. The van der Waals surface area contributed by atoms with E-state index >= 15 is 0 Å². The van der Waals surface area contributed by atoms with Crippen LogP contribution in [0.4, 0.5) is 20.1 Å². The minimum atomic E-state index is -0.848. The normalized spacial score (nSPS) is 13.1. The Morgan fingerprint density at radius 2 is 1.12 bits per heavy atom. The Balaban J connectivity index is 1.49. The van der Waals surface area contributed by atoms with E-state index in [2.05, 4.69) is 26.6 Å². The summed E-state index contributed by atoms with van der Waals surface area (Å²) in [6, 6.07) is 5.04. The van der Waals surface area contributed by atoms with Gasteiger partial charge in [-0.25, -0.2) is 14.4 Å². The maximum atomic E-state index is 13.6. The van der Waals surface area contributed by atoms with E-state index in [0.29, 0.717) is 36.9 Å². The maximum Gasteiger partial charge on any atom is 0.407 e. The van der Waals surface area contributed by atoms with E-state index in [1.165, 1.54) is 12.2 Å². The predicted molar refractivity (Wildman–Crippen MR) is 274 cm³/mol. The molecule has 28 heteroatoms. The van der Waals surface area contributed by atoms with Gasteiger partial charge in [0.15, 0.2) is 53.3 Å². The van der Waals surface area contributed by atoms with Gasteiger partial charge in [-0.15, -0.1) is 0 Å². The Kier molecular flexibility index (Phi) is 36.8. The van der Waals surface area contributed by atoms with Crippen LogP contribution >= 0.6 is 0 Å². The standard InChI is InChI=1S/C50H81N7O21/c1-37(2)45(56-42(59)11-7-6-8-21-57-43(60)16-17-44(57)61)41(58)26-39(10-9-18-52-47(51)63)46(62)55-40-14-12-38(13-15-40)27-77-48(64)53-19-22-66-24-25-68-29-70-31-72-33-74-35-76-36-75-34-73-32-71-30-69-28-67-23-20-54-49(65)78-50(3,4)5/h12-17,37,39,45H,6-11,18-36H2,1-5H3,(H,53,64)(H,54,65)(H,55,62)(H,56,59)(H3,51,52,63)/t39-,45+/m1/s1. The highest BCUT2D eigenvalue weighted by Crippen LogP contribution is 2.20. The molecule has 0 radical (unpaired) electrons. The van der Waals surface area contributed by atoms with Crippen LogP contribution in [0.25, 0.3) is 0 Å². The van der Waals surface area contributed by atoms with Crippen LogP contribution in [0.2, 0.25) is 0 Å². The van der Waals surface area contributed by atoms with Crippen molar-refractivity contribution in [1.29, 1.82) is 0 Å². The number of rotatable bonds is 46. The molecule has 0 aliphatic carbocycles. The zero-order valence-electron chi connectivity index (χ0n) is 45.5. The monoisotopic (exact) mass is 1120 g/mol. The van der Waals surface area contributed by atoms with Crippen LogP contribution in [0.5, 0.6) is 0 Å². The summed E-state index contributed by atoms with van der Waals surface area (Å²) in [6.07, 6.45) is 3.45. The molecular formula is C50H81N7O21. The Labute approximate surface area is 454 Å². The Bertz CT molecular complexity index is 1920. The molecule has 0 fully saturated rings. The van der Waals surface area contributed by atoms with Crippen LogP contribution < -0.4 is 32.3 Å². The molecule has 1 aromatic carbocycles. The molecule has 2 rings (SSSR count). The summed E-state index contributed by atoms with van der Waals surface area (Å²) >= 11 is 0. The molecule has 78 heavy (non-hydrogen) atoms. The van der Waals surface area contributed by atoms with Crippen molar-refractivity contribution in [2.45, 2.75) is 97.8 Å². The van der Waals surface area contributed by atoms with Crippen molar-refractivity contribution in [1.82, 2.24) is 26.2 Å². The summed E-state index contributed by atoms with van der Waals surface area (Å²) in [4.78, 5) is 99.6. The third-order valence-corrected chi connectivity index (χ3v) is 10.3. The van der Waals surface area contributed by atoms with Gasteiger partial charge >= 0.3 is 18.2 Å². The molecule has 0 aromatic heterocycles. The van der Waals surface area contributed by atoms with E-state index in [9.17, 15) is 38.4 Å². The number of alkyl carbamates (subject to hydrolysis) is 2. The lowest BCUT2D eigenvalue weighted by atomic mass is 9.89. The van der Waals surface area contributed by atoms with Crippen molar-refractivity contribution in [3.63, 3.8) is 0 Å². The van der Waals surface area contributed by atoms with Gasteiger partial charge in [-0.2, -0.15) is 0 Å². The molecule has 8 amide bonds. The molecule has 1 heterocycles. The topological polar surface area (TPSA) is 346 Å². The fourth-order valence-corrected chi connectivity index (χ4v) is 6.54. The number of ether oxygens (including phenoxy) is 13. The molecule has 0 spiro atoms. The predicted octanol–water partition coefficient (Wildman–Crippen LogP) is 2.83. The number of hydrogen-bond donors (Lipinski definition) is 6. The van der Waals surface area contributed by atoms with E-state index in [1.54, 1.807) is 58.9 Å². The second kappa shape index (κ2) is 42.1. The fourth-order valence-electron chi connectivity index (χ4n) is 6.54. The van der Waals surface area contributed by atoms with Gasteiger partial charge in [0.2, 0.25) is 11.8 Å². The summed E-state index contributed by atoms with van der Waals surface area (Å²) in [5.41, 5.74) is 5.70. The van der Waals surface area contributed by atoms with Crippen molar-refractivity contribution >= 4 is 53.3 Å². The number of Topliss-reactive ketones (excluding diaryl/α,β-unsaturated/α-hetero) is 1. The number of amides is 8. The van der Waals surface area contributed by atoms with Crippen molar-refractivity contribution < 1.29 is 99.9 Å². The summed E-state index contributed by atoms with van der Waals surface area (Å²) in [7, 11) is 0. The number of urea groups is 1. The molecule has 0 bridgehead atoms. The van der Waals surface area contributed by atoms with Crippen LogP contribution in [-0.2, 0) is 92.2 Å². The first-order chi connectivity index (χ1) is 37.4. The second-order valence-corrected chi connectivity index (χ2v) is 18.3. The third-order valence-electron chi connectivity index (χ3n) is 10.3. The maximum absolute atomic E-state index is 13.6. The van der Waals surface area contributed by atoms with Gasteiger partial charge in [0.25, 0.3) is 11.8 Å². The van der Waals surface area contributed by atoms with Crippen LogP contribution in [-0.4, -0.2) is 178 Å². The minimum absolute atomic E-state index is 0.0287. The molecular weight excluding hydrogens is 1030 g/mol. The largest absolute Gasteiger partial charge is 0.445 e. The van der Waals surface area contributed by atoms with Crippen molar-refractivity contribution in [3.05, 3.63) is 42.0 Å². The Morgan fingerprint density at radius 1 is 0.603 bits per heavy atom. The smallest absolute Gasteiger partial charge is 0.407 e. The highest BCUT2D eigenvalue weighted by atomic mass is 16.8. The second-order valence-electron chi connectivity index (χ2n) is 18.3. The highest BCUT2D eigenvalue weighted by molar-refractivity contribution is 6.12. The van der Waals surface area contributed by atoms with Gasteiger partial charge in [-0.3, -0.25) is 28.9 Å². The molecule has 7 N–H and O–H groups in total. The number of imide groups is 1. The SMILES string of the molecule is CC(C)[C@H](NC(=O)CCCCCN1C(=O)C=CC1=O)C(=O)C[C@@H](CCCNC(N)=O)C(=O)Nc1ccc(COC(=O)NCCOCCOCOCOCOCOCOCOCOCOCOCCNC(=O)OC(C)(C)C)cc1. The van der Waals surface area contributed by atoms with Gasteiger partial charge in [0.05, 0.1) is 32.5 Å². The fraction of sp³-hybridized carbons (Fsp3) is 0.680. The molecule has 1 aliphatic rings. The first-order valence-electron chi connectivity index (χ1n) is 25.5. The van der Waals surface area contributed by atoms with Crippen molar-refractivity contribution in [2.24, 2.45) is 17.6 Å². The summed E-state index contributed by atoms with van der Waals surface area (Å²) in [5.74, 6) is -2.87.